The second-order valence-corrected chi connectivity index (χ2v) is 6.64. The molecule has 1 aromatic heterocycles. The first kappa shape index (κ1) is 17.8. The number of rotatable bonds is 5. The lowest BCUT2D eigenvalue weighted by Crippen LogP contribution is -2.27. The average Bonchev–Trinajstić information content (AvgIpc) is 3.31. The predicted octanol–water partition coefficient (Wildman–Crippen LogP) is 2.20. The quantitative estimate of drug-likeness (QED) is 0.639. The van der Waals surface area contributed by atoms with Gasteiger partial charge in [-0.05, 0) is 54.9 Å². The largest absolute Gasteiger partial charge is 0.491 e. The van der Waals surface area contributed by atoms with E-state index in [0.717, 1.165) is 36.7 Å². The van der Waals surface area contributed by atoms with Crippen LogP contribution in [0, 0.1) is 0 Å². The molecule has 0 radical (unpaired) electrons. The van der Waals surface area contributed by atoms with Crippen LogP contribution in [-0.2, 0) is 16.0 Å². The zero-order chi connectivity index (χ0) is 18.8. The maximum absolute atomic E-state index is 12.0. The van der Waals surface area contributed by atoms with E-state index in [-0.39, 0.29) is 17.5 Å². The number of hydrogen-bond donors (Lipinski definition) is 1. The van der Waals surface area contributed by atoms with Gasteiger partial charge in [-0.15, -0.1) is 0 Å². The zero-order valence-corrected chi connectivity index (χ0v) is 15.0. The monoisotopic (exact) mass is 369 g/mol. The third-order valence-corrected chi connectivity index (χ3v) is 4.82. The third-order valence-electron chi connectivity index (χ3n) is 4.82. The Morgan fingerprint density at radius 2 is 2.07 bits per heavy atom. The number of carbonyl (C=O) groups is 1. The molecule has 2 aromatic rings. The van der Waals surface area contributed by atoms with Gasteiger partial charge in [-0.25, -0.2) is 4.79 Å². The summed E-state index contributed by atoms with van der Waals surface area (Å²) >= 11 is 0. The summed E-state index contributed by atoms with van der Waals surface area (Å²) < 4.78 is 21.8. The van der Waals surface area contributed by atoms with Crippen molar-refractivity contribution in [1.29, 1.82) is 0 Å². The normalized spacial score (nSPS) is 16.3. The van der Waals surface area contributed by atoms with E-state index in [1.807, 2.05) is 0 Å². The predicted molar refractivity (Wildman–Crippen MR) is 97.4 cm³/mol. The molecule has 0 bridgehead atoms. The summed E-state index contributed by atoms with van der Waals surface area (Å²) in [7, 11) is 0.436. The van der Waals surface area contributed by atoms with Crippen LogP contribution in [0.15, 0.2) is 30.3 Å². The average molecular weight is 369 g/mol. The Labute approximate surface area is 157 Å². The number of aromatic nitrogens is 1. The van der Waals surface area contributed by atoms with Crippen LogP contribution in [0.4, 0.5) is 0 Å². The summed E-state index contributed by atoms with van der Waals surface area (Å²) in [4.78, 5) is 16.4. The smallest absolute Gasteiger partial charge is 0.474 e. The second-order valence-electron chi connectivity index (χ2n) is 6.64. The highest BCUT2D eigenvalue weighted by Crippen LogP contribution is 2.29. The number of ether oxygens (including phenoxy) is 3. The standard InChI is InChI=1S/C19H20BNO6/c1-24-19(22)15-7-9-17(21-18(15)27-13-4-2-3-5-13)26-14-6-8-16-12(10-14)11-25-20(16)23/h6-10,13,23H,2-5,11H2,1H3. The van der Waals surface area contributed by atoms with Crippen molar-refractivity contribution in [3.63, 3.8) is 0 Å². The van der Waals surface area contributed by atoms with Gasteiger partial charge in [0.05, 0.1) is 13.7 Å². The Morgan fingerprint density at radius 1 is 1.26 bits per heavy atom. The first-order valence-electron chi connectivity index (χ1n) is 9.00. The van der Waals surface area contributed by atoms with Crippen LogP contribution in [-0.4, -0.2) is 36.3 Å². The van der Waals surface area contributed by atoms with Gasteiger partial charge < -0.3 is 23.9 Å². The van der Waals surface area contributed by atoms with Gasteiger partial charge >= 0.3 is 13.1 Å². The number of benzene rings is 1. The Kier molecular flexibility index (Phi) is 5.00. The Balaban J connectivity index is 1.58. The molecule has 27 heavy (non-hydrogen) atoms. The first-order chi connectivity index (χ1) is 13.1. The molecule has 8 heteroatoms. The fourth-order valence-corrected chi connectivity index (χ4v) is 3.39. The molecule has 7 nitrogen and oxygen atoms in total. The van der Waals surface area contributed by atoms with Crippen LogP contribution in [0.25, 0.3) is 0 Å². The number of carbonyl (C=O) groups excluding carboxylic acids is 1. The molecule has 1 aliphatic carbocycles. The molecule has 140 valence electrons. The molecular weight excluding hydrogens is 349 g/mol. The minimum absolute atomic E-state index is 0.0507. The lowest BCUT2D eigenvalue weighted by atomic mass is 9.80. The van der Waals surface area contributed by atoms with Crippen LogP contribution in [0.2, 0.25) is 0 Å². The van der Waals surface area contributed by atoms with Crippen molar-refractivity contribution >= 4 is 18.6 Å². The number of methoxy groups -OCH3 is 1. The van der Waals surface area contributed by atoms with Crippen molar-refractivity contribution in [3.05, 3.63) is 41.5 Å². The van der Waals surface area contributed by atoms with Gasteiger partial charge in [-0.2, -0.15) is 4.98 Å². The van der Waals surface area contributed by atoms with E-state index in [1.54, 1.807) is 30.3 Å². The van der Waals surface area contributed by atoms with Gasteiger partial charge in [0.2, 0.25) is 11.8 Å². The van der Waals surface area contributed by atoms with Crippen LogP contribution in [0.5, 0.6) is 17.5 Å². The number of fused-ring (bicyclic) bond motifs is 1. The number of nitrogens with zero attached hydrogens (tertiary/aromatic N) is 1. The van der Waals surface area contributed by atoms with E-state index in [9.17, 15) is 9.82 Å². The van der Waals surface area contributed by atoms with Crippen molar-refractivity contribution in [2.24, 2.45) is 0 Å². The topological polar surface area (TPSA) is 87.1 Å². The number of pyridine rings is 1. The number of esters is 1. The van der Waals surface area contributed by atoms with Gasteiger partial charge in [-0.1, -0.05) is 6.07 Å². The van der Waals surface area contributed by atoms with E-state index < -0.39 is 13.1 Å². The SMILES string of the molecule is COC(=O)c1ccc(Oc2ccc3c(c2)COB3O)nc1OC1CCCC1. The number of hydrogen-bond acceptors (Lipinski definition) is 7. The molecular formula is C19H20BNO6. The summed E-state index contributed by atoms with van der Waals surface area (Å²) in [6.07, 6.45) is 4.16. The lowest BCUT2D eigenvalue weighted by Gasteiger charge is -2.15. The first-order valence-corrected chi connectivity index (χ1v) is 9.00. The summed E-state index contributed by atoms with van der Waals surface area (Å²) in [6, 6.07) is 8.51. The molecule has 1 fully saturated rings. The summed E-state index contributed by atoms with van der Waals surface area (Å²) in [5.74, 6) is 0.614. The maximum atomic E-state index is 12.0. The Hall–Kier alpha value is -2.58. The van der Waals surface area contributed by atoms with Crippen molar-refractivity contribution in [2.45, 2.75) is 38.4 Å². The van der Waals surface area contributed by atoms with Gasteiger partial charge in [0.25, 0.3) is 0 Å². The highest BCUT2D eigenvalue weighted by molar-refractivity contribution is 6.61. The highest BCUT2D eigenvalue weighted by Gasteiger charge is 2.27. The molecule has 0 spiro atoms. The zero-order valence-electron chi connectivity index (χ0n) is 15.0. The fraction of sp³-hybridized carbons (Fsp3) is 0.368. The van der Waals surface area contributed by atoms with E-state index in [2.05, 4.69) is 4.98 Å². The summed E-state index contributed by atoms with van der Waals surface area (Å²) in [5, 5.41) is 9.70. The minimum Gasteiger partial charge on any atom is -0.474 e. The molecule has 0 saturated heterocycles. The van der Waals surface area contributed by atoms with Gasteiger partial charge in [0.15, 0.2) is 0 Å². The lowest BCUT2D eigenvalue weighted by molar-refractivity contribution is 0.0591. The molecule has 1 aliphatic heterocycles. The molecule has 1 aromatic carbocycles. The van der Waals surface area contributed by atoms with Crippen molar-refractivity contribution in [3.8, 4) is 17.5 Å². The van der Waals surface area contributed by atoms with Gasteiger partial charge in [0.1, 0.15) is 17.4 Å². The van der Waals surface area contributed by atoms with Crippen LogP contribution < -0.4 is 14.9 Å². The summed E-state index contributed by atoms with van der Waals surface area (Å²) in [6.45, 7) is 0.332. The van der Waals surface area contributed by atoms with Crippen LogP contribution in [0.1, 0.15) is 41.6 Å². The van der Waals surface area contributed by atoms with E-state index in [1.165, 1.54) is 7.11 Å². The van der Waals surface area contributed by atoms with Crippen LogP contribution in [0.3, 0.4) is 0 Å². The van der Waals surface area contributed by atoms with E-state index in [0.29, 0.717) is 18.2 Å². The minimum atomic E-state index is -0.891. The van der Waals surface area contributed by atoms with E-state index >= 15 is 0 Å². The van der Waals surface area contributed by atoms with Crippen molar-refractivity contribution in [2.75, 3.05) is 7.11 Å². The van der Waals surface area contributed by atoms with Crippen LogP contribution >= 0.6 is 0 Å². The molecule has 0 atom stereocenters. The highest BCUT2D eigenvalue weighted by atomic mass is 16.5. The molecule has 2 heterocycles. The molecule has 4 rings (SSSR count). The fourth-order valence-electron chi connectivity index (χ4n) is 3.39. The molecule has 0 amide bonds. The summed E-state index contributed by atoms with van der Waals surface area (Å²) in [5.41, 5.74) is 1.89. The molecule has 2 aliphatic rings. The van der Waals surface area contributed by atoms with E-state index in [4.69, 9.17) is 18.9 Å². The second kappa shape index (κ2) is 7.58. The Bertz CT molecular complexity index is 852. The molecule has 1 N–H and O–H groups in total. The van der Waals surface area contributed by atoms with Crippen molar-refractivity contribution < 1.29 is 28.7 Å². The third kappa shape index (κ3) is 3.77. The Morgan fingerprint density at radius 3 is 2.85 bits per heavy atom. The van der Waals surface area contributed by atoms with Gasteiger partial charge in [-0.3, -0.25) is 0 Å². The van der Waals surface area contributed by atoms with Crippen molar-refractivity contribution in [1.82, 2.24) is 4.98 Å². The molecule has 0 unspecified atom stereocenters. The van der Waals surface area contributed by atoms with Gasteiger partial charge in [0, 0.05) is 6.07 Å². The maximum Gasteiger partial charge on any atom is 0.491 e. The molecule has 1 saturated carbocycles.